The van der Waals surface area contributed by atoms with Crippen molar-refractivity contribution in [2.24, 2.45) is 5.92 Å². The molecule has 3 aliphatic rings. The Balaban J connectivity index is 1.26. The molecule has 3 fully saturated rings. The van der Waals surface area contributed by atoms with Crippen molar-refractivity contribution in [1.82, 2.24) is 20.0 Å². The van der Waals surface area contributed by atoms with Crippen LogP contribution in [0.5, 0.6) is 0 Å². The van der Waals surface area contributed by atoms with Gasteiger partial charge in [0, 0.05) is 38.4 Å². The molecule has 3 saturated heterocycles. The van der Waals surface area contributed by atoms with Crippen molar-refractivity contribution in [1.29, 1.82) is 0 Å². The Morgan fingerprint density at radius 1 is 0.963 bits per heavy atom. The van der Waals surface area contributed by atoms with E-state index < -0.39 is 0 Å². The highest BCUT2D eigenvalue weighted by molar-refractivity contribution is 5.51. The second-order valence-electron chi connectivity index (χ2n) is 7.94. The fourth-order valence-corrected chi connectivity index (χ4v) is 4.64. The zero-order valence-electron chi connectivity index (χ0n) is 15.6. The third kappa shape index (κ3) is 3.70. The minimum Gasteiger partial charge on any atom is -0.458 e. The number of aromatic amines is 1. The van der Waals surface area contributed by atoms with E-state index in [0.717, 1.165) is 42.8 Å². The molecule has 0 aliphatic carbocycles. The third-order valence-corrected chi connectivity index (χ3v) is 5.94. The van der Waals surface area contributed by atoms with Crippen LogP contribution < -0.4 is 0 Å². The largest absolute Gasteiger partial charge is 0.458 e. The smallest absolute Gasteiger partial charge is 0.152 e. The highest BCUT2D eigenvalue weighted by Crippen LogP contribution is 2.30. The lowest BCUT2D eigenvalue weighted by Crippen LogP contribution is -2.43. The Bertz CT molecular complexity index is 858. The van der Waals surface area contributed by atoms with Crippen molar-refractivity contribution in [3.63, 3.8) is 0 Å². The van der Waals surface area contributed by atoms with Crippen LogP contribution in [0.3, 0.4) is 0 Å². The van der Waals surface area contributed by atoms with Gasteiger partial charge in [-0.25, -0.2) is 0 Å². The first kappa shape index (κ1) is 16.8. The average Bonchev–Trinajstić information content (AvgIpc) is 3.30. The summed E-state index contributed by atoms with van der Waals surface area (Å²) in [6.07, 6.45) is 4.42. The van der Waals surface area contributed by atoms with Crippen LogP contribution in [-0.4, -0.2) is 45.7 Å². The molecule has 1 N–H and O–H groups in total. The molecule has 5 heterocycles. The molecule has 0 saturated carbocycles. The summed E-state index contributed by atoms with van der Waals surface area (Å²) in [5.41, 5.74) is 2.36. The molecule has 2 atom stereocenters. The molecule has 27 heavy (non-hydrogen) atoms. The maximum absolute atomic E-state index is 6.06. The van der Waals surface area contributed by atoms with Gasteiger partial charge in [-0.3, -0.25) is 14.9 Å². The summed E-state index contributed by atoms with van der Waals surface area (Å²) in [6, 6.07) is 17.6. The lowest BCUT2D eigenvalue weighted by Gasteiger charge is -2.36. The number of hydrogen-bond acceptors (Lipinski definition) is 4. The Kier molecular flexibility index (Phi) is 4.56. The van der Waals surface area contributed by atoms with E-state index in [0.29, 0.717) is 6.04 Å². The van der Waals surface area contributed by atoms with E-state index in [4.69, 9.17) is 4.42 Å². The molecule has 2 bridgehead atoms. The number of nitrogens with zero attached hydrogens (tertiary/aromatic N) is 3. The van der Waals surface area contributed by atoms with Gasteiger partial charge in [0.1, 0.15) is 11.5 Å². The van der Waals surface area contributed by atoms with Crippen LogP contribution in [0.25, 0.3) is 11.5 Å². The average molecular weight is 362 g/mol. The van der Waals surface area contributed by atoms with E-state index in [1.807, 2.05) is 12.1 Å². The molecular formula is C22H26N4O. The second kappa shape index (κ2) is 7.33. The van der Waals surface area contributed by atoms with Crippen molar-refractivity contribution in [3.05, 3.63) is 66.1 Å². The summed E-state index contributed by atoms with van der Waals surface area (Å²) in [6.45, 7) is 5.47. The van der Waals surface area contributed by atoms with Crippen LogP contribution >= 0.6 is 0 Å². The van der Waals surface area contributed by atoms with E-state index in [1.54, 1.807) is 6.20 Å². The SMILES string of the molecule is c1ccc(CN2C[C@H]3CC[C@@H]2CN(Cc2ccc(-c4ccn[nH]4)o2)C3)cc1. The van der Waals surface area contributed by atoms with Crippen molar-refractivity contribution >= 4 is 0 Å². The van der Waals surface area contributed by atoms with Crippen molar-refractivity contribution in [2.75, 3.05) is 19.6 Å². The van der Waals surface area contributed by atoms with E-state index >= 15 is 0 Å². The number of aromatic nitrogens is 2. The molecule has 5 nitrogen and oxygen atoms in total. The second-order valence-corrected chi connectivity index (χ2v) is 7.94. The molecule has 0 radical (unpaired) electrons. The van der Waals surface area contributed by atoms with Crippen LogP contribution in [0.2, 0.25) is 0 Å². The quantitative estimate of drug-likeness (QED) is 0.751. The van der Waals surface area contributed by atoms with E-state index in [9.17, 15) is 0 Å². The number of furan rings is 1. The third-order valence-electron chi connectivity index (χ3n) is 5.94. The minimum atomic E-state index is 0.644. The van der Waals surface area contributed by atoms with Gasteiger partial charge >= 0.3 is 0 Å². The summed E-state index contributed by atoms with van der Waals surface area (Å²) >= 11 is 0. The molecule has 0 amide bonds. The van der Waals surface area contributed by atoms with Gasteiger partial charge in [-0.2, -0.15) is 5.10 Å². The molecule has 2 aromatic heterocycles. The first-order valence-corrected chi connectivity index (χ1v) is 9.92. The van der Waals surface area contributed by atoms with Crippen molar-refractivity contribution in [3.8, 4) is 11.5 Å². The summed E-state index contributed by atoms with van der Waals surface area (Å²) in [7, 11) is 0. The first-order chi connectivity index (χ1) is 13.3. The lowest BCUT2D eigenvalue weighted by atomic mass is 9.94. The molecule has 5 heteroatoms. The highest BCUT2D eigenvalue weighted by atomic mass is 16.3. The van der Waals surface area contributed by atoms with Crippen LogP contribution in [-0.2, 0) is 13.1 Å². The normalized spacial score (nSPS) is 23.6. The van der Waals surface area contributed by atoms with Gasteiger partial charge in [-0.05, 0) is 42.5 Å². The molecular weight excluding hydrogens is 336 g/mol. The summed E-state index contributed by atoms with van der Waals surface area (Å²) in [4.78, 5) is 5.28. The summed E-state index contributed by atoms with van der Waals surface area (Å²) in [5.74, 6) is 2.66. The first-order valence-electron chi connectivity index (χ1n) is 9.92. The van der Waals surface area contributed by atoms with Gasteiger partial charge in [0.05, 0.1) is 6.54 Å². The molecule has 6 rings (SSSR count). The Hall–Kier alpha value is -2.37. The maximum atomic E-state index is 6.06. The standard InChI is InChI=1S/C22H26N4O/c1-2-4-17(5-3-1)13-26-14-18-6-7-19(26)15-25(12-18)16-20-8-9-22(27-20)21-10-11-23-24-21/h1-5,8-11,18-19H,6-7,12-16H2,(H,23,24)/t18-,19+/m0/s1. The Morgan fingerprint density at radius 3 is 2.74 bits per heavy atom. The lowest BCUT2D eigenvalue weighted by molar-refractivity contribution is 0.122. The van der Waals surface area contributed by atoms with Crippen LogP contribution in [0.1, 0.15) is 24.2 Å². The molecule has 3 aliphatic heterocycles. The van der Waals surface area contributed by atoms with Gasteiger partial charge < -0.3 is 4.42 Å². The van der Waals surface area contributed by atoms with Gasteiger partial charge in [0.25, 0.3) is 0 Å². The monoisotopic (exact) mass is 362 g/mol. The fraction of sp³-hybridized carbons (Fsp3) is 0.409. The number of piperidine rings is 1. The Labute approximate surface area is 160 Å². The number of nitrogens with one attached hydrogen (secondary N) is 1. The number of H-pyrrole nitrogens is 1. The summed E-state index contributed by atoms with van der Waals surface area (Å²) in [5, 5.41) is 6.98. The molecule has 3 aromatic rings. The van der Waals surface area contributed by atoms with Gasteiger partial charge in [-0.15, -0.1) is 0 Å². The predicted molar refractivity (Wildman–Crippen MR) is 105 cm³/mol. The predicted octanol–water partition coefficient (Wildman–Crippen LogP) is 3.77. The number of fused-ring (bicyclic) bond motifs is 4. The molecule has 140 valence electrons. The summed E-state index contributed by atoms with van der Waals surface area (Å²) < 4.78 is 6.06. The highest BCUT2D eigenvalue weighted by Gasteiger charge is 2.34. The van der Waals surface area contributed by atoms with Crippen molar-refractivity contribution in [2.45, 2.75) is 32.0 Å². The molecule has 0 unspecified atom stereocenters. The van der Waals surface area contributed by atoms with Crippen LogP contribution in [0, 0.1) is 5.92 Å². The van der Waals surface area contributed by atoms with Gasteiger partial charge in [0.2, 0.25) is 0 Å². The van der Waals surface area contributed by atoms with Gasteiger partial charge in [0.15, 0.2) is 5.76 Å². The molecule has 1 aromatic carbocycles. The Morgan fingerprint density at radius 2 is 1.89 bits per heavy atom. The van der Waals surface area contributed by atoms with E-state index in [1.165, 1.54) is 31.5 Å². The molecule has 0 spiro atoms. The fourth-order valence-electron chi connectivity index (χ4n) is 4.64. The zero-order chi connectivity index (χ0) is 18.1. The number of hydrogen-bond donors (Lipinski definition) is 1. The van der Waals surface area contributed by atoms with Crippen LogP contribution in [0.15, 0.2) is 59.1 Å². The minimum absolute atomic E-state index is 0.644. The zero-order valence-corrected chi connectivity index (χ0v) is 15.6. The van der Waals surface area contributed by atoms with E-state index in [-0.39, 0.29) is 0 Å². The maximum Gasteiger partial charge on any atom is 0.152 e. The van der Waals surface area contributed by atoms with Gasteiger partial charge in [-0.1, -0.05) is 30.3 Å². The number of benzene rings is 1. The number of rotatable bonds is 5. The van der Waals surface area contributed by atoms with Crippen molar-refractivity contribution < 1.29 is 4.42 Å². The topological polar surface area (TPSA) is 48.3 Å². The van der Waals surface area contributed by atoms with Crippen LogP contribution in [0.4, 0.5) is 0 Å². The van der Waals surface area contributed by atoms with E-state index in [2.05, 4.69) is 56.4 Å².